The summed E-state index contributed by atoms with van der Waals surface area (Å²) in [7, 11) is 0. The SMILES string of the molecule is N#Cc1ccc(N2CC(C(N)=O)C3(CCN(C(=O)CCC4CCCC4)CC3)C2)cc1C(F)(F)F. The van der Waals surface area contributed by atoms with E-state index in [1.807, 2.05) is 4.90 Å². The Balaban J connectivity index is 1.45. The lowest BCUT2D eigenvalue weighted by molar-refractivity contribution is -0.138. The van der Waals surface area contributed by atoms with E-state index >= 15 is 0 Å². The number of likely N-dealkylation sites (tertiary alicyclic amines) is 1. The Bertz CT molecular complexity index is 973. The smallest absolute Gasteiger partial charge is 0.370 e. The molecule has 34 heavy (non-hydrogen) atoms. The van der Waals surface area contributed by atoms with Gasteiger partial charge in [0.25, 0.3) is 0 Å². The van der Waals surface area contributed by atoms with Crippen LogP contribution in [0.3, 0.4) is 0 Å². The van der Waals surface area contributed by atoms with Crippen molar-refractivity contribution in [3.8, 4) is 6.07 Å². The third kappa shape index (κ3) is 4.86. The van der Waals surface area contributed by atoms with Crippen LogP contribution in [0.4, 0.5) is 18.9 Å². The molecule has 0 bridgehead atoms. The first-order chi connectivity index (χ1) is 16.1. The highest BCUT2D eigenvalue weighted by Crippen LogP contribution is 2.47. The van der Waals surface area contributed by atoms with E-state index in [4.69, 9.17) is 11.0 Å². The Morgan fingerprint density at radius 3 is 2.44 bits per heavy atom. The molecule has 2 aliphatic heterocycles. The number of piperidine rings is 1. The zero-order valence-electron chi connectivity index (χ0n) is 19.2. The molecule has 3 aliphatic rings. The molecule has 2 saturated heterocycles. The monoisotopic (exact) mass is 476 g/mol. The third-order valence-corrected chi connectivity index (χ3v) is 8.14. The molecule has 9 heteroatoms. The number of nitrogens with two attached hydrogens (primary N) is 1. The predicted octanol–water partition coefficient (Wildman–Crippen LogP) is 4.08. The lowest BCUT2D eigenvalue weighted by Gasteiger charge is -2.41. The van der Waals surface area contributed by atoms with E-state index in [0.717, 1.165) is 12.5 Å². The van der Waals surface area contributed by atoms with Crippen LogP contribution in [0.1, 0.15) is 62.5 Å². The quantitative estimate of drug-likeness (QED) is 0.694. The zero-order valence-corrected chi connectivity index (χ0v) is 19.2. The highest BCUT2D eigenvalue weighted by Gasteiger charge is 2.51. The summed E-state index contributed by atoms with van der Waals surface area (Å²) in [4.78, 5) is 28.7. The molecule has 2 heterocycles. The number of nitriles is 1. The lowest BCUT2D eigenvalue weighted by Crippen LogP contribution is -2.49. The van der Waals surface area contributed by atoms with Gasteiger partial charge >= 0.3 is 6.18 Å². The van der Waals surface area contributed by atoms with Gasteiger partial charge in [-0.1, -0.05) is 25.7 Å². The van der Waals surface area contributed by atoms with E-state index in [-0.39, 0.29) is 12.5 Å². The predicted molar refractivity (Wildman–Crippen MR) is 120 cm³/mol. The summed E-state index contributed by atoms with van der Waals surface area (Å²) in [5.41, 5.74) is 4.17. The minimum absolute atomic E-state index is 0.147. The van der Waals surface area contributed by atoms with Gasteiger partial charge in [0.15, 0.2) is 0 Å². The van der Waals surface area contributed by atoms with Crippen LogP contribution in [0.2, 0.25) is 0 Å². The maximum atomic E-state index is 13.5. The number of primary amides is 1. The van der Waals surface area contributed by atoms with Crippen molar-refractivity contribution in [3.63, 3.8) is 0 Å². The van der Waals surface area contributed by atoms with Crippen molar-refractivity contribution in [2.45, 2.75) is 57.5 Å². The van der Waals surface area contributed by atoms with E-state index in [1.54, 1.807) is 11.0 Å². The van der Waals surface area contributed by atoms with Crippen molar-refractivity contribution < 1.29 is 22.8 Å². The molecule has 184 valence electrons. The number of halogens is 3. The molecule has 1 aromatic carbocycles. The molecule has 4 rings (SSSR count). The Labute approximate surface area is 197 Å². The van der Waals surface area contributed by atoms with Gasteiger partial charge in [-0.15, -0.1) is 0 Å². The summed E-state index contributed by atoms with van der Waals surface area (Å²) in [5.74, 6) is -0.174. The standard InChI is InChI=1S/C25H31F3N4O2/c26-25(27,28)20-13-19(7-6-18(20)14-29)32-15-21(23(30)34)24(16-32)9-11-31(12-10-24)22(33)8-5-17-3-1-2-4-17/h6-7,13,17,21H,1-5,8-12,15-16H2,(H2,30,34). The van der Waals surface area contributed by atoms with Gasteiger partial charge in [-0.2, -0.15) is 18.4 Å². The summed E-state index contributed by atoms with van der Waals surface area (Å²) in [5, 5.41) is 9.06. The Kier molecular flexibility index (Phi) is 6.79. The van der Waals surface area contributed by atoms with Crippen molar-refractivity contribution in [1.82, 2.24) is 4.90 Å². The maximum absolute atomic E-state index is 13.5. The van der Waals surface area contributed by atoms with Gasteiger partial charge in [0, 0.05) is 43.7 Å². The van der Waals surface area contributed by atoms with Gasteiger partial charge in [0.2, 0.25) is 11.8 Å². The normalized spacial score (nSPS) is 22.8. The average Bonchev–Trinajstić information content (AvgIpc) is 3.45. The second-order valence-corrected chi connectivity index (χ2v) is 10.1. The number of carbonyl (C=O) groups excluding carboxylic acids is 2. The summed E-state index contributed by atoms with van der Waals surface area (Å²) in [6.45, 7) is 1.69. The Hall–Kier alpha value is -2.76. The van der Waals surface area contributed by atoms with Crippen LogP contribution in [0.5, 0.6) is 0 Å². The number of hydrogen-bond donors (Lipinski definition) is 1. The summed E-state index contributed by atoms with van der Waals surface area (Å²) in [6, 6.07) is 5.25. The van der Waals surface area contributed by atoms with Gasteiger partial charge in [0.1, 0.15) is 0 Å². The van der Waals surface area contributed by atoms with E-state index in [2.05, 4.69) is 0 Å². The molecule has 1 aliphatic carbocycles. The van der Waals surface area contributed by atoms with Crippen LogP contribution < -0.4 is 10.6 Å². The molecule has 1 atom stereocenters. The summed E-state index contributed by atoms with van der Waals surface area (Å²) >= 11 is 0. The first kappa shape index (κ1) is 24.4. The number of benzene rings is 1. The first-order valence-corrected chi connectivity index (χ1v) is 12.1. The molecule has 3 fully saturated rings. The van der Waals surface area contributed by atoms with E-state index in [0.29, 0.717) is 50.5 Å². The molecule has 1 spiro atoms. The number of carbonyl (C=O) groups is 2. The van der Waals surface area contributed by atoms with Crippen LogP contribution in [-0.2, 0) is 15.8 Å². The number of rotatable bonds is 5. The van der Waals surface area contributed by atoms with Gasteiger partial charge < -0.3 is 15.5 Å². The highest BCUT2D eigenvalue weighted by atomic mass is 19.4. The molecule has 1 aromatic rings. The Morgan fingerprint density at radius 2 is 1.85 bits per heavy atom. The largest absolute Gasteiger partial charge is 0.417 e. The van der Waals surface area contributed by atoms with Crippen LogP contribution in [0.15, 0.2) is 18.2 Å². The molecule has 2 N–H and O–H groups in total. The van der Waals surface area contributed by atoms with E-state index < -0.39 is 34.5 Å². The molecule has 0 radical (unpaired) electrons. The van der Waals surface area contributed by atoms with E-state index in [9.17, 15) is 22.8 Å². The number of nitrogens with zero attached hydrogens (tertiary/aromatic N) is 3. The van der Waals surface area contributed by atoms with Gasteiger partial charge in [-0.05, 0) is 43.4 Å². The zero-order chi connectivity index (χ0) is 24.5. The molecular formula is C25H31F3N4O2. The number of amides is 2. The number of anilines is 1. The molecule has 6 nitrogen and oxygen atoms in total. The topological polar surface area (TPSA) is 90.4 Å². The third-order valence-electron chi connectivity index (χ3n) is 8.14. The average molecular weight is 477 g/mol. The molecule has 0 aromatic heterocycles. The first-order valence-electron chi connectivity index (χ1n) is 12.1. The number of hydrogen-bond acceptors (Lipinski definition) is 4. The van der Waals surface area contributed by atoms with Gasteiger partial charge in [-0.25, -0.2) is 0 Å². The van der Waals surface area contributed by atoms with Crippen molar-refractivity contribution >= 4 is 17.5 Å². The summed E-state index contributed by atoms with van der Waals surface area (Å²) < 4.78 is 40.4. The van der Waals surface area contributed by atoms with Crippen molar-refractivity contribution in [1.29, 1.82) is 5.26 Å². The van der Waals surface area contributed by atoms with Crippen LogP contribution in [0, 0.1) is 28.6 Å². The minimum Gasteiger partial charge on any atom is -0.370 e. The molecule has 1 saturated carbocycles. The van der Waals surface area contributed by atoms with Crippen LogP contribution >= 0.6 is 0 Å². The minimum atomic E-state index is -4.65. The summed E-state index contributed by atoms with van der Waals surface area (Å²) in [6.07, 6.45) is 2.93. The Morgan fingerprint density at radius 1 is 1.18 bits per heavy atom. The fourth-order valence-corrected chi connectivity index (χ4v) is 6.11. The van der Waals surface area contributed by atoms with Crippen molar-refractivity contribution in [2.24, 2.45) is 23.0 Å². The van der Waals surface area contributed by atoms with E-state index in [1.165, 1.54) is 37.8 Å². The second kappa shape index (κ2) is 9.47. The van der Waals surface area contributed by atoms with Gasteiger partial charge in [-0.3, -0.25) is 9.59 Å². The van der Waals surface area contributed by atoms with Gasteiger partial charge in [0.05, 0.1) is 23.1 Å². The molecule has 2 amide bonds. The fourth-order valence-electron chi connectivity index (χ4n) is 6.11. The van der Waals surface area contributed by atoms with Crippen LogP contribution in [0.25, 0.3) is 0 Å². The maximum Gasteiger partial charge on any atom is 0.417 e. The second-order valence-electron chi connectivity index (χ2n) is 10.1. The number of alkyl halides is 3. The highest BCUT2D eigenvalue weighted by molar-refractivity contribution is 5.80. The van der Waals surface area contributed by atoms with Crippen molar-refractivity contribution in [2.75, 3.05) is 31.1 Å². The van der Waals surface area contributed by atoms with Crippen LogP contribution in [-0.4, -0.2) is 42.9 Å². The lowest BCUT2D eigenvalue weighted by atomic mass is 9.70. The fraction of sp³-hybridized carbons (Fsp3) is 0.640. The molecular weight excluding hydrogens is 445 g/mol. The van der Waals surface area contributed by atoms with Crippen molar-refractivity contribution in [3.05, 3.63) is 29.3 Å². The molecule has 1 unspecified atom stereocenters.